The average molecular weight is 427 g/mol. The Kier molecular flexibility index (Phi) is 6.95. The molecule has 0 spiro atoms. The van der Waals surface area contributed by atoms with Gasteiger partial charge in [0.25, 0.3) is 0 Å². The maximum Gasteiger partial charge on any atom is 0.189 e. The van der Waals surface area contributed by atoms with E-state index in [-0.39, 0.29) is 0 Å². The normalized spacial score (nSPS) is 10.4. The van der Waals surface area contributed by atoms with Crippen molar-refractivity contribution in [2.75, 3.05) is 0 Å². The largest absolute Gasteiger partial charge is 0.278 e. The van der Waals surface area contributed by atoms with Crippen LogP contribution in [0.2, 0.25) is 5.15 Å². The molecule has 0 amide bonds. The molecular weight excluding hydrogens is 404 g/mol. The Morgan fingerprint density at radius 3 is 2.52 bits per heavy atom. The smallest absolute Gasteiger partial charge is 0.189 e. The lowest BCUT2D eigenvalue weighted by atomic mass is 10.2. The van der Waals surface area contributed by atoms with Crippen LogP contribution in [-0.2, 0) is 13.5 Å². The van der Waals surface area contributed by atoms with Gasteiger partial charge in [-0.15, -0.1) is 21.5 Å². The van der Waals surface area contributed by atoms with E-state index in [1.807, 2.05) is 53.9 Å². The van der Waals surface area contributed by atoms with Gasteiger partial charge in [0.2, 0.25) is 0 Å². The third-order valence-corrected chi connectivity index (χ3v) is 5.50. The molecule has 0 saturated heterocycles. The van der Waals surface area contributed by atoms with Crippen molar-refractivity contribution in [3.05, 3.63) is 64.2 Å². The Morgan fingerprint density at radius 2 is 1.90 bits per heavy atom. The van der Waals surface area contributed by atoms with Gasteiger partial charge in [-0.3, -0.25) is 9.08 Å². The molecule has 0 unspecified atom stereocenters. The molecule has 150 valence electrons. The third kappa shape index (κ3) is 4.46. The number of halogens is 1. The fraction of sp³-hybridized carbons (Fsp3) is 0.238. The zero-order valence-corrected chi connectivity index (χ0v) is 18.4. The highest BCUT2D eigenvalue weighted by Gasteiger charge is 2.15. The summed E-state index contributed by atoms with van der Waals surface area (Å²) in [6, 6.07) is 13.8. The Hall–Kier alpha value is -2.77. The number of benzene rings is 1. The maximum absolute atomic E-state index is 6.05. The molecule has 0 saturated carbocycles. The molecule has 4 heterocycles. The van der Waals surface area contributed by atoms with Crippen molar-refractivity contribution in [1.82, 2.24) is 29.4 Å². The molecule has 0 atom stereocenters. The summed E-state index contributed by atoms with van der Waals surface area (Å²) in [6.07, 6.45) is 2.85. The van der Waals surface area contributed by atoms with Gasteiger partial charge in [0, 0.05) is 18.0 Å². The maximum atomic E-state index is 6.05. The molecule has 5 rings (SSSR count). The van der Waals surface area contributed by atoms with Gasteiger partial charge in [-0.2, -0.15) is 5.10 Å². The van der Waals surface area contributed by atoms with Crippen molar-refractivity contribution in [2.45, 2.75) is 27.2 Å². The van der Waals surface area contributed by atoms with Crippen LogP contribution >= 0.6 is 22.9 Å². The van der Waals surface area contributed by atoms with Crippen molar-refractivity contribution in [2.24, 2.45) is 7.05 Å². The van der Waals surface area contributed by atoms with Crippen molar-refractivity contribution in [3.8, 4) is 11.4 Å². The van der Waals surface area contributed by atoms with Crippen molar-refractivity contribution in [1.29, 1.82) is 0 Å². The van der Waals surface area contributed by atoms with Gasteiger partial charge in [-0.1, -0.05) is 50.6 Å². The van der Waals surface area contributed by atoms with Gasteiger partial charge in [0.1, 0.15) is 22.9 Å². The molecule has 0 aliphatic heterocycles. The topological polar surface area (TPSA) is 60.9 Å². The van der Waals surface area contributed by atoms with Gasteiger partial charge < -0.3 is 0 Å². The first-order chi connectivity index (χ1) is 14.2. The minimum atomic E-state index is 0.549. The van der Waals surface area contributed by atoms with E-state index in [4.69, 9.17) is 11.6 Å². The molecule has 8 heteroatoms. The number of hydrogen-bond donors (Lipinski definition) is 0. The summed E-state index contributed by atoms with van der Waals surface area (Å²) in [4.78, 5) is 6.11. The highest BCUT2D eigenvalue weighted by atomic mass is 35.5. The Labute approximate surface area is 178 Å². The lowest BCUT2D eigenvalue weighted by molar-refractivity contribution is 0.771. The lowest BCUT2D eigenvalue weighted by Crippen LogP contribution is -1.96. The fourth-order valence-electron chi connectivity index (χ4n) is 2.75. The monoisotopic (exact) mass is 426 g/mol. The first-order valence-corrected chi connectivity index (χ1v) is 10.7. The highest BCUT2D eigenvalue weighted by Crippen LogP contribution is 2.25. The molecule has 0 aliphatic carbocycles. The van der Waals surface area contributed by atoms with Crippen molar-refractivity contribution >= 4 is 39.6 Å². The number of fused-ring (bicyclic) bond motifs is 3. The van der Waals surface area contributed by atoms with Crippen LogP contribution in [0.1, 0.15) is 25.6 Å². The molecule has 6 nitrogen and oxygen atoms in total. The van der Waals surface area contributed by atoms with Gasteiger partial charge in [-0.25, -0.2) is 4.98 Å². The van der Waals surface area contributed by atoms with E-state index in [1.165, 1.54) is 11.3 Å². The van der Waals surface area contributed by atoms with Crippen LogP contribution in [0.3, 0.4) is 0 Å². The second-order valence-corrected chi connectivity index (χ2v) is 7.30. The van der Waals surface area contributed by atoms with Gasteiger partial charge >= 0.3 is 0 Å². The quantitative estimate of drug-likeness (QED) is 0.365. The Bertz CT molecular complexity index is 1170. The van der Waals surface area contributed by atoms with Crippen LogP contribution < -0.4 is 0 Å². The van der Waals surface area contributed by atoms with Crippen LogP contribution in [0.15, 0.2) is 54.2 Å². The first kappa shape index (κ1) is 21.0. The van der Waals surface area contributed by atoms with E-state index < -0.39 is 0 Å². The molecule has 0 N–H and O–H groups in total. The van der Waals surface area contributed by atoms with E-state index in [1.54, 1.807) is 24.1 Å². The molecule has 0 fully saturated rings. The second-order valence-electron chi connectivity index (χ2n) is 5.88. The zero-order chi connectivity index (χ0) is 20.8. The van der Waals surface area contributed by atoms with E-state index in [2.05, 4.69) is 44.7 Å². The van der Waals surface area contributed by atoms with Gasteiger partial charge in [0.15, 0.2) is 5.65 Å². The Morgan fingerprint density at radius 1 is 1.10 bits per heavy atom. The fourth-order valence-corrected chi connectivity index (χ4v) is 3.55. The number of hydrogen-bond acceptors (Lipinski definition) is 5. The lowest BCUT2D eigenvalue weighted by Gasteiger charge is -2.04. The summed E-state index contributed by atoms with van der Waals surface area (Å²) in [5, 5.41) is 15.1. The number of thiophene rings is 1. The number of nitrogens with zero attached hydrogens (tertiary/aromatic N) is 6. The molecule has 0 bridgehead atoms. The summed E-state index contributed by atoms with van der Waals surface area (Å²) >= 11 is 7.88. The summed E-state index contributed by atoms with van der Waals surface area (Å²) in [7, 11) is 1.79. The van der Waals surface area contributed by atoms with Crippen LogP contribution in [-0.4, -0.2) is 29.4 Å². The minimum absolute atomic E-state index is 0.549. The predicted molar refractivity (Wildman–Crippen MR) is 121 cm³/mol. The minimum Gasteiger partial charge on any atom is -0.278 e. The summed E-state index contributed by atoms with van der Waals surface area (Å²) in [5.41, 5.74) is 3.83. The van der Waals surface area contributed by atoms with Crippen LogP contribution in [0.5, 0.6) is 0 Å². The molecule has 0 aliphatic rings. The standard InChI is InChI=1S/C13H9ClN6.C6H8S.C2H6/c1-19-11(14)6-9(18-19)12-13-17-15-7-20(13)10-5-3-2-4-8(10)16-12;1-2-6-4-3-5-7-6;1-2/h2-7H,1H3;3-5H,2H2,1H3;1-2H3. The molecule has 0 radical (unpaired) electrons. The molecule has 4 aromatic heterocycles. The van der Waals surface area contributed by atoms with E-state index in [0.29, 0.717) is 22.2 Å². The Balaban J connectivity index is 0.000000226. The summed E-state index contributed by atoms with van der Waals surface area (Å²) < 4.78 is 3.50. The van der Waals surface area contributed by atoms with E-state index in [0.717, 1.165) is 11.0 Å². The van der Waals surface area contributed by atoms with Crippen molar-refractivity contribution < 1.29 is 0 Å². The van der Waals surface area contributed by atoms with Crippen LogP contribution in [0.25, 0.3) is 28.1 Å². The third-order valence-electron chi connectivity index (χ3n) is 4.13. The highest BCUT2D eigenvalue weighted by molar-refractivity contribution is 7.09. The first-order valence-electron chi connectivity index (χ1n) is 9.48. The molecular formula is C21H23ClN6S. The second kappa shape index (κ2) is 9.62. The van der Waals surface area contributed by atoms with Gasteiger partial charge in [-0.05, 0) is 30.0 Å². The van der Waals surface area contributed by atoms with Crippen LogP contribution in [0, 0.1) is 0 Å². The van der Waals surface area contributed by atoms with Gasteiger partial charge in [0.05, 0.1) is 11.0 Å². The number of rotatable bonds is 2. The summed E-state index contributed by atoms with van der Waals surface area (Å²) in [5.74, 6) is 0. The van der Waals surface area contributed by atoms with E-state index in [9.17, 15) is 0 Å². The SMILES string of the molecule is CC.CCc1cccs1.Cn1nc(-c2nc3ccccc3n3cnnc23)cc1Cl. The van der Waals surface area contributed by atoms with Crippen LogP contribution in [0.4, 0.5) is 0 Å². The number of aromatic nitrogens is 6. The molecule has 5 aromatic rings. The predicted octanol–water partition coefficient (Wildman–Crippen LogP) is 5.67. The zero-order valence-electron chi connectivity index (χ0n) is 16.9. The average Bonchev–Trinajstić information content (AvgIpc) is 3.51. The summed E-state index contributed by atoms with van der Waals surface area (Å²) in [6.45, 7) is 6.17. The number of aryl methyl sites for hydroxylation is 2. The van der Waals surface area contributed by atoms with E-state index >= 15 is 0 Å². The van der Waals surface area contributed by atoms with Crippen molar-refractivity contribution in [3.63, 3.8) is 0 Å². The molecule has 29 heavy (non-hydrogen) atoms. The number of para-hydroxylation sites is 2. The molecule has 1 aromatic carbocycles.